The summed E-state index contributed by atoms with van der Waals surface area (Å²) in [6, 6.07) is 2.84. The van der Waals surface area contributed by atoms with E-state index in [0.717, 1.165) is 32.4 Å². The van der Waals surface area contributed by atoms with Crippen molar-refractivity contribution in [1.82, 2.24) is 14.8 Å². The van der Waals surface area contributed by atoms with Gasteiger partial charge in [0.1, 0.15) is 5.69 Å². The summed E-state index contributed by atoms with van der Waals surface area (Å²) < 4.78 is 0. The Kier molecular flexibility index (Phi) is 4.29. The minimum Gasteiger partial charge on any atom is -0.392 e. The number of aromatic nitrogens is 1. The van der Waals surface area contributed by atoms with E-state index in [2.05, 4.69) is 16.9 Å². The highest BCUT2D eigenvalue weighted by Gasteiger charge is 2.45. The fourth-order valence-electron chi connectivity index (χ4n) is 4.07. The van der Waals surface area contributed by atoms with Crippen molar-refractivity contribution in [1.29, 1.82) is 0 Å². The first-order chi connectivity index (χ1) is 10.9. The first-order valence-electron chi connectivity index (χ1n) is 8.26. The van der Waals surface area contributed by atoms with E-state index >= 15 is 0 Å². The van der Waals surface area contributed by atoms with Crippen LogP contribution in [0.5, 0.6) is 0 Å². The summed E-state index contributed by atoms with van der Waals surface area (Å²) in [5.74, 6) is -0.148. The molecule has 3 rings (SSSR count). The van der Waals surface area contributed by atoms with Crippen LogP contribution in [0.15, 0.2) is 16.9 Å². The molecule has 2 saturated heterocycles. The number of nitrogens with zero attached hydrogens (tertiary/aromatic N) is 2. The minimum absolute atomic E-state index is 0.148. The Morgan fingerprint density at radius 2 is 2.13 bits per heavy atom. The second kappa shape index (κ2) is 6.09. The van der Waals surface area contributed by atoms with Crippen LogP contribution >= 0.6 is 0 Å². The van der Waals surface area contributed by atoms with E-state index in [9.17, 15) is 14.7 Å². The second-order valence-electron chi connectivity index (χ2n) is 7.15. The highest BCUT2D eigenvalue weighted by atomic mass is 16.3. The van der Waals surface area contributed by atoms with Crippen molar-refractivity contribution >= 4 is 5.91 Å². The van der Waals surface area contributed by atoms with Gasteiger partial charge in [0, 0.05) is 49.4 Å². The number of H-pyrrole nitrogens is 1. The van der Waals surface area contributed by atoms with Gasteiger partial charge in [-0.2, -0.15) is 0 Å². The molecule has 6 nitrogen and oxygen atoms in total. The summed E-state index contributed by atoms with van der Waals surface area (Å²) in [6.45, 7) is 4.69. The number of aliphatic hydroxyl groups excluding tert-OH is 1. The molecule has 0 bridgehead atoms. The molecule has 1 aromatic heterocycles. The molecule has 2 aliphatic rings. The normalized spacial score (nSPS) is 29.0. The topological polar surface area (TPSA) is 76.6 Å². The molecular weight excluding hydrogens is 294 g/mol. The third-order valence-electron chi connectivity index (χ3n) is 5.18. The summed E-state index contributed by atoms with van der Waals surface area (Å²) in [5.41, 5.74) is 0.620. The van der Waals surface area contributed by atoms with Crippen molar-refractivity contribution in [3.63, 3.8) is 0 Å². The fourth-order valence-corrected chi connectivity index (χ4v) is 4.07. The number of carbonyl (C=O) groups is 1. The molecule has 2 atom stereocenters. The zero-order valence-electron chi connectivity index (χ0n) is 13.8. The first-order valence-corrected chi connectivity index (χ1v) is 8.26. The predicted octanol–water partition coefficient (Wildman–Crippen LogP) is 0.602. The van der Waals surface area contributed by atoms with Crippen LogP contribution in [0.25, 0.3) is 0 Å². The van der Waals surface area contributed by atoms with Crippen molar-refractivity contribution < 1.29 is 9.90 Å². The van der Waals surface area contributed by atoms with Crippen LogP contribution in [0.4, 0.5) is 0 Å². The van der Waals surface area contributed by atoms with E-state index in [1.54, 1.807) is 11.8 Å². The third kappa shape index (κ3) is 3.19. The molecule has 0 aromatic carbocycles. The van der Waals surface area contributed by atoms with Gasteiger partial charge >= 0.3 is 0 Å². The predicted molar refractivity (Wildman–Crippen MR) is 87.5 cm³/mol. The molecule has 0 unspecified atom stereocenters. The van der Waals surface area contributed by atoms with Crippen LogP contribution < -0.4 is 5.43 Å². The molecule has 2 N–H and O–H groups in total. The van der Waals surface area contributed by atoms with Crippen LogP contribution in [-0.2, 0) is 0 Å². The maximum Gasteiger partial charge on any atom is 0.270 e. The molecule has 0 saturated carbocycles. The number of amides is 1. The van der Waals surface area contributed by atoms with Gasteiger partial charge < -0.3 is 19.9 Å². The largest absolute Gasteiger partial charge is 0.392 e. The maximum atomic E-state index is 12.8. The van der Waals surface area contributed by atoms with Crippen molar-refractivity contribution in [3.05, 3.63) is 33.7 Å². The van der Waals surface area contributed by atoms with Crippen LogP contribution in [0.3, 0.4) is 0 Å². The smallest absolute Gasteiger partial charge is 0.270 e. The van der Waals surface area contributed by atoms with Crippen molar-refractivity contribution in [2.45, 2.75) is 32.3 Å². The van der Waals surface area contributed by atoms with Gasteiger partial charge in [-0.05, 0) is 33.2 Å². The molecule has 3 heterocycles. The zero-order chi connectivity index (χ0) is 16.6. The number of piperidine rings is 2. The molecule has 0 aliphatic carbocycles. The second-order valence-corrected chi connectivity index (χ2v) is 7.15. The average Bonchev–Trinajstić information content (AvgIpc) is 2.50. The molecular formula is C17H25N3O3. The first kappa shape index (κ1) is 16.2. The van der Waals surface area contributed by atoms with E-state index in [0.29, 0.717) is 24.5 Å². The molecule has 2 aliphatic heterocycles. The van der Waals surface area contributed by atoms with Gasteiger partial charge in [0.15, 0.2) is 5.43 Å². The van der Waals surface area contributed by atoms with Gasteiger partial charge in [-0.25, -0.2) is 0 Å². The van der Waals surface area contributed by atoms with Crippen LogP contribution in [0.1, 0.15) is 35.4 Å². The molecule has 0 radical (unpaired) electrons. The van der Waals surface area contributed by atoms with Gasteiger partial charge in [-0.3, -0.25) is 9.59 Å². The number of hydrogen-bond donors (Lipinski definition) is 2. The molecule has 23 heavy (non-hydrogen) atoms. The summed E-state index contributed by atoms with van der Waals surface area (Å²) in [7, 11) is 2.06. The van der Waals surface area contributed by atoms with Crippen molar-refractivity contribution in [2.24, 2.45) is 5.41 Å². The van der Waals surface area contributed by atoms with E-state index in [1.807, 2.05) is 0 Å². The maximum absolute atomic E-state index is 12.8. The van der Waals surface area contributed by atoms with Crippen molar-refractivity contribution in [2.75, 3.05) is 33.2 Å². The fraction of sp³-hybridized carbons (Fsp3) is 0.647. The monoisotopic (exact) mass is 319 g/mol. The van der Waals surface area contributed by atoms with Gasteiger partial charge in [0.05, 0.1) is 6.10 Å². The van der Waals surface area contributed by atoms with Gasteiger partial charge in [-0.15, -0.1) is 0 Å². The van der Waals surface area contributed by atoms with Crippen LogP contribution in [-0.4, -0.2) is 65.1 Å². The number of pyridine rings is 1. The molecule has 126 valence electrons. The lowest BCUT2D eigenvalue weighted by Gasteiger charge is -2.50. The number of rotatable bonds is 1. The Bertz CT molecular complexity index is 657. The Balaban J connectivity index is 1.83. The van der Waals surface area contributed by atoms with E-state index in [4.69, 9.17) is 0 Å². The number of aliphatic hydroxyl groups is 1. The van der Waals surface area contributed by atoms with Gasteiger partial charge in [-0.1, -0.05) is 0 Å². The van der Waals surface area contributed by atoms with E-state index in [-0.39, 0.29) is 22.9 Å². The number of likely N-dealkylation sites (tertiary alicyclic amines) is 2. The molecule has 1 spiro atoms. The Morgan fingerprint density at radius 1 is 1.35 bits per heavy atom. The number of aryl methyl sites for hydroxylation is 1. The third-order valence-corrected chi connectivity index (χ3v) is 5.18. The minimum atomic E-state index is -0.370. The van der Waals surface area contributed by atoms with Crippen molar-refractivity contribution in [3.8, 4) is 0 Å². The SMILES string of the molecule is Cc1cc(=O)cc(C(=O)N2CCC[C@]3(CN(C)CC[C@@H]3O)C2)[nH]1. The lowest BCUT2D eigenvalue weighted by atomic mass is 9.71. The molecule has 1 aromatic rings. The van der Waals surface area contributed by atoms with E-state index < -0.39 is 0 Å². The highest BCUT2D eigenvalue weighted by Crippen LogP contribution is 2.38. The zero-order valence-corrected chi connectivity index (χ0v) is 13.8. The Labute approximate surface area is 136 Å². The lowest BCUT2D eigenvalue weighted by molar-refractivity contribution is -0.0731. The van der Waals surface area contributed by atoms with Crippen LogP contribution in [0, 0.1) is 12.3 Å². The quantitative estimate of drug-likeness (QED) is 0.795. The van der Waals surface area contributed by atoms with E-state index in [1.165, 1.54) is 12.1 Å². The average molecular weight is 319 g/mol. The van der Waals surface area contributed by atoms with Gasteiger partial charge in [0.25, 0.3) is 5.91 Å². The number of carbonyl (C=O) groups excluding carboxylic acids is 1. The standard InChI is InChI=1S/C17H25N3O3/c1-12-8-13(21)9-14(18-12)16(23)20-6-3-5-17(11-20)10-19(2)7-4-15(17)22/h8-9,15,22H,3-7,10-11H2,1-2H3,(H,18,21)/t15-,17-/m0/s1. The number of nitrogens with one attached hydrogen (secondary N) is 1. The highest BCUT2D eigenvalue weighted by molar-refractivity contribution is 5.92. The summed E-state index contributed by atoms with van der Waals surface area (Å²) in [6.07, 6.45) is 2.20. The molecule has 6 heteroatoms. The number of aromatic amines is 1. The lowest BCUT2D eigenvalue weighted by Crippen LogP contribution is -2.59. The number of hydrogen-bond acceptors (Lipinski definition) is 4. The van der Waals surface area contributed by atoms with Gasteiger partial charge in [0.2, 0.25) is 0 Å². The summed E-state index contributed by atoms with van der Waals surface area (Å²) in [4.78, 5) is 31.4. The summed E-state index contributed by atoms with van der Waals surface area (Å²) >= 11 is 0. The summed E-state index contributed by atoms with van der Waals surface area (Å²) in [5, 5.41) is 10.5. The molecule has 2 fully saturated rings. The Morgan fingerprint density at radius 3 is 2.87 bits per heavy atom. The molecule has 1 amide bonds. The Hall–Kier alpha value is -1.66. The van der Waals surface area contributed by atoms with Crippen LogP contribution in [0.2, 0.25) is 0 Å².